The van der Waals surface area contributed by atoms with Crippen molar-refractivity contribution in [2.45, 2.75) is 19.6 Å². The number of hydrogen-bond acceptors (Lipinski definition) is 4. The summed E-state index contributed by atoms with van der Waals surface area (Å²) in [5.41, 5.74) is 3.28. The molecule has 112 valence electrons. The van der Waals surface area contributed by atoms with E-state index in [4.69, 9.17) is 4.74 Å². The van der Waals surface area contributed by atoms with Gasteiger partial charge in [0.1, 0.15) is 11.8 Å². The molecule has 0 bridgehead atoms. The Bertz CT molecular complexity index is 652. The lowest BCUT2D eigenvalue weighted by molar-refractivity contribution is -0.138. The number of aromatic nitrogens is 2. The van der Waals surface area contributed by atoms with Gasteiger partial charge in [0.15, 0.2) is 0 Å². The van der Waals surface area contributed by atoms with Crippen molar-refractivity contribution in [3.05, 3.63) is 35.8 Å². The number of carbonyl (C=O) groups is 1. The van der Waals surface area contributed by atoms with Gasteiger partial charge in [-0.1, -0.05) is 6.07 Å². The molecule has 1 amide bonds. The number of fused-ring (bicyclic) bond motifs is 1. The molecule has 0 saturated carbocycles. The van der Waals surface area contributed by atoms with Crippen LogP contribution in [0.5, 0.6) is 0 Å². The van der Waals surface area contributed by atoms with E-state index in [1.54, 1.807) is 7.05 Å². The van der Waals surface area contributed by atoms with E-state index in [1.807, 2.05) is 12.3 Å². The van der Waals surface area contributed by atoms with Gasteiger partial charge in [-0.15, -0.1) is 0 Å². The second-order valence-corrected chi connectivity index (χ2v) is 5.39. The van der Waals surface area contributed by atoms with E-state index in [0.717, 1.165) is 24.4 Å². The number of nitrogens with one attached hydrogen (secondary N) is 1. The molecule has 1 aliphatic rings. The number of nitrogens with zero attached hydrogens (tertiary/aromatic N) is 3. The summed E-state index contributed by atoms with van der Waals surface area (Å²) in [4.78, 5) is 18.3. The van der Waals surface area contributed by atoms with Crippen LogP contribution in [0.2, 0.25) is 0 Å². The predicted molar refractivity (Wildman–Crippen MR) is 79.0 cm³/mol. The Balaban J connectivity index is 1.75. The van der Waals surface area contributed by atoms with Crippen LogP contribution in [-0.2, 0) is 16.1 Å². The Morgan fingerprint density at radius 2 is 2.38 bits per heavy atom. The van der Waals surface area contributed by atoms with Crippen LogP contribution in [0.3, 0.4) is 0 Å². The van der Waals surface area contributed by atoms with Crippen LogP contribution in [-0.4, -0.2) is 53.0 Å². The minimum Gasteiger partial charge on any atom is -0.366 e. The van der Waals surface area contributed by atoms with Gasteiger partial charge in [0.2, 0.25) is 5.91 Å². The predicted octanol–water partition coefficient (Wildman–Crippen LogP) is 0.590. The first kappa shape index (κ1) is 14.0. The third-order valence-electron chi connectivity index (χ3n) is 3.81. The Morgan fingerprint density at radius 3 is 3.19 bits per heavy atom. The Morgan fingerprint density at radius 1 is 1.52 bits per heavy atom. The molecule has 2 aromatic heterocycles. The van der Waals surface area contributed by atoms with Crippen LogP contribution in [0.15, 0.2) is 24.5 Å². The molecule has 0 spiro atoms. The van der Waals surface area contributed by atoms with Crippen LogP contribution in [0.25, 0.3) is 5.65 Å². The van der Waals surface area contributed by atoms with E-state index in [1.165, 1.54) is 5.56 Å². The van der Waals surface area contributed by atoms with E-state index < -0.39 is 0 Å². The number of carbonyl (C=O) groups excluding carboxylic acids is 1. The SMILES string of the molecule is CNC(=O)[C@@H]1CN(Cc2cnc3ccc(C)cn23)CCO1. The van der Waals surface area contributed by atoms with Crippen molar-refractivity contribution in [1.29, 1.82) is 0 Å². The zero-order valence-corrected chi connectivity index (χ0v) is 12.4. The molecule has 1 saturated heterocycles. The molecule has 21 heavy (non-hydrogen) atoms. The monoisotopic (exact) mass is 288 g/mol. The topological polar surface area (TPSA) is 58.9 Å². The molecule has 1 atom stereocenters. The smallest absolute Gasteiger partial charge is 0.250 e. The van der Waals surface area contributed by atoms with Gasteiger partial charge in [-0.3, -0.25) is 9.69 Å². The van der Waals surface area contributed by atoms with Gasteiger partial charge in [-0.05, 0) is 18.6 Å². The van der Waals surface area contributed by atoms with Gasteiger partial charge in [0, 0.05) is 32.9 Å². The number of likely N-dealkylation sites (N-methyl/N-ethyl adjacent to an activating group) is 1. The molecular weight excluding hydrogens is 268 g/mol. The lowest BCUT2D eigenvalue weighted by Crippen LogP contribution is -2.48. The minimum absolute atomic E-state index is 0.0614. The summed E-state index contributed by atoms with van der Waals surface area (Å²) in [7, 11) is 1.64. The van der Waals surface area contributed by atoms with E-state index in [9.17, 15) is 4.79 Å². The standard InChI is InChI=1S/C15H20N4O2/c1-11-3-4-14-17-7-12(19(14)8-11)9-18-5-6-21-13(10-18)15(20)16-2/h3-4,7-8,13H,5-6,9-10H2,1-2H3,(H,16,20)/t13-/m0/s1. The normalized spacial score (nSPS) is 19.8. The largest absolute Gasteiger partial charge is 0.366 e. The molecule has 0 aliphatic carbocycles. The molecule has 1 N–H and O–H groups in total. The molecule has 6 nitrogen and oxygen atoms in total. The number of morpholine rings is 1. The quantitative estimate of drug-likeness (QED) is 0.898. The van der Waals surface area contributed by atoms with Crippen LogP contribution < -0.4 is 5.32 Å². The number of aryl methyl sites for hydroxylation is 1. The highest BCUT2D eigenvalue weighted by Gasteiger charge is 2.26. The van der Waals surface area contributed by atoms with Gasteiger partial charge < -0.3 is 14.5 Å². The van der Waals surface area contributed by atoms with Gasteiger partial charge in [-0.25, -0.2) is 4.98 Å². The highest BCUT2D eigenvalue weighted by atomic mass is 16.5. The van der Waals surface area contributed by atoms with Crippen LogP contribution in [0.4, 0.5) is 0 Å². The summed E-state index contributed by atoms with van der Waals surface area (Å²) >= 11 is 0. The van der Waals surface area contributed by atoms with Crippen molar-refractivity contribution in [2.75, 3.05) is 26.7 Å². The van der Waals surface area contributed by atoms with E-state index in [0.29, 0.717) is 13.2 Å². The summed E-state index contributed by atoms with van der Waals surface area (Å²) in [6.07, 6.45) is 3.61. The third-order valence-corrected chi connectivity index (χ3v) is 3.81. The molecule has 6 heteroatoms. The van der Waals surface area contributed by atoms with Crippen LogP contribution >= 0.6 is 0 Å². The Labute approximate surface area is 123 Å². The first-order valence-electron chi connectivity index (χ1n) is 7.15. The fraction of sp³-hybridized carbons (Fsp3) is 0.467. The van der Waals surface area contributed by atoms with Gasteiger partial charge in [0.05, 0.1) is 18.5 Å². The molecule has 0 aromatic carbocycles. The average Bonchev–Trinajstić information content (AvgIpc) is 2.89. The number of hydrogen-bond donors (Lipinski definition) is 1. The number of rotatable bonds is 3. The van der Waals surface area contributed by atoms with Gasteiger partial charge in [-0.2, -0.15) is 0 Å². The molecule has 3 rings (SSSR count). The first-order valence-corrected chi connectivity index (χ1v) is 7.15. The zero-order chi connectivity index (χ0) is 14.8. The van der Waals surface area contributed by atoms with Gasteiger partial charge >= 0.3 is 0 Å². The molecule has 0 unspecified atom stereocenters. The zero-order valence-electron chi connectivity index (χ0n) is 12.4. The van der Waals surface area contributed by atoms with Gasteiger partial charge in [0.25, 0.3) is 0 Å². The summed E-state index contributed by atoms with van der Waals surface area (Å²) in [5.74, 6) is -0.0614. The van der Waals surface area contributed by atoms with Crippen molar-refractivity contribution in [1.82, 2.24) is 19.6 Å². The summed E-state index contributed by atoms with van der Waals surface area (Å²) < 4.78 is 7.62. The Kier molecular flexibility index (Phi) is 3.90. The van der Waals surface area contributed by atoms with Crippen molar-refractivity contribution in [3.8, 4) is 0 Å². The number of ether oxygens (including phenoxy) is 1. The first-order chi connectivity index (χ1) is 10.2. The van der Waals surface area contributed by atoms with E-state index >= 15 is 0 Å². The van der Waals surface area contributed by atoms with Crippen LogP contribution in [0.1, 0.15) is 11.3 Å². The van der Waals surface area contributed by atoms with E-state index in [2.05, 4.69) is 38.8 Å². The third kappa shape index (κ3) is 2.91. The summed E-state index contributed by atoms with van der Waals surface area (Å²) in [6.45, 7) is 4.85. The maximum Gasteiger partial charge on any atom is 0.250 e. The lowest BCUT2D eigenvalue weighted by atomic mass is 10.2. The molecule has 1 aliphatic heterocycles. The summed E-state index contributed by atoms with van der Waals surface area (Å²) in [6, 6.07) is 4.08. The fourth-order valence-electron chi connectivity index (χ4n) is 2.65. The molecule has 1 fully saturated rings. The highest BCUT2D eigenvalue weighted by molar-refractivity contribution is 5.80. The highest BCUT2D eigenvalue weighted by Crippen LogP contribution is 2.13. The van der Waals surface area contributed by atoms with Crippen molar-refractivity contribution in [3.63, 3.8) is 0 Å². The minimum atomic E-state index is -0.385. The molecule has 0 radical (unpaired) electrons. The number of imidazole rings is 1. The number of pyridine rings is 1. The second kappa shape index (κ2) is 5.83. The molecule has 2 aromatic rings. The fourth-order valence-corrected chi connectivity index (χ4v) is 2.65. The van der Waals surface area contributed by atoms with Crippen molar-refractivity contribution >= 4 is 11.6 Å². The van der Waals surface area contributed by atoms with Crippen molar-refractivity contribution < 1.29 is 9.53 Å². The second-order valence-electron chi connectivity index (χ2n) is 5.39. The molecule has 3 heterocycles. The Hall–Kier alpha value is -1.92. The van der Waals surface area contributed by atoms with Crippen molar-refractivity contribution in [2.24, 2.45) is 0 Å². The number of amides is 1. The molecular formula is C15H20N4O2. The maximum atomic E-state index is 11.7. The maximum absolute atomic E-state index is 11.7. The van der Waals surface area contributed by atoms with E-state index in [-0.39, 0.29) is 12.0 Å². The van der Waals surface area contributed by atoms with Crippen LogP contribution in [0, 0.1) is 6.92 Å². The average molecular weight is 288 g/mol. The summed E-state index contributed by atoms with van der Waals surface area (Å²) in [5, 5.41) is 2.64. The lowest BCUT2D eigenvalue weighted by Gasteiger charge is -2.31.